The van der Waals surface area contributed by atoms with E-state index in [2.05, 4.69) is 29.4 Å². The van der Waals surface area contributed by atoms with Crippen LogP contribution in [0.25, 0.3) is 0 Å². The quantitative estimate of drug-likeness (QED) is 0.705. The van der Waals surface area contributed by atoms with Crippen molar-refractivity contribution in [1.82, 2.24) is 29.4 Å². The lowest BCUT2D eigenvalue weighted by Gasteiger charge is -2.31. The minimum Gasteiger partial charge on any atom is -0.436 e. The molecule has 3 aromatic rings. The number of hydrogen-bond acceptors (Lipinski definition) is 6. The van der Waals surface area contributed by atoms with Gasteiger partial charge in [0.2, 0.25) is 5.88 Å². The van der Waals surface area contributed by atoms with Crippen molar-refractivity contribution in [3.05, 3.63) is 60.8 Å². The highest BCUT2D eigenvalue weighted by Crippen LogP contribution is 2.33. The Hall–Kier alpha value is -2.80. The third kappa shape index (κ3) is 3.72. The van der Waals surface area contributed by atoms with Crippen LogP contribution in [0.15, 0.2) is 49.4 Å². The van der Waals surface area contributed by atoms with Crippen molar-refractivity contribution in [3.8, 4) is 11.6 Å². The first-order valence-electron chi connectivity index (χ1n) is 8.86. The van der Waals surface area contributed by atoms with Crippen LogP contribution in [0.1, 0.15) is 30.1 Å². The van der Waals surface area contributed by atoms with Crippen LogP contribution in [-0.2, 0) is 13.6 Å². The zero-order valence-electron chi connectivity index (χ0n) is 14.8. The van der Waals surface area contributed by atoms with Crippen LogP contribution in [0.4, 0.5) is 0 Å². The van der Waals surface area contributed by atoms with Gasteiger partial charge in [0, 0.05) is 44.3 Å². The third-order valence-corrected chi connectivity index (χ3v) is 4.82. The minimum absolute atomic E-state index is 0.359. The molecule has 0 spiro atoms. The molecule has 0 bridgehead atoms. The summed E-state index contributed by atoms with van der Waals surface area (Å²) in [4.78, 5) is 19.7. The summed E-state index contributed by atoms with van der Waals surface area (Å²) in [7, 11) is 2.04. The van der Waals surface area contributed by atoms with E-state index in [1.165, 1.54) is 5.69 Å². The standard InChI is InChI=1S/C19H22N6O/c1-24-14-21-11-16(24)13-25-9-4-15(5-10-25)18-19(23-8-7-22-18)26-17-3-2-6-20-12-17/h2-3,6-8,11-12,14-15H,4-5,9-10,13H2,1H3. The molecule has 4 heterocycles. The fourth-order valence-electron chi connectivity index (χ4n) is 3.34. The Kier molecular flexibility index (Phi) is 4.88. The topological polar surface area (TPSA) is 69.0 Å². The Morgan fingerprint density at radius 3 is 2.65 bits per heavy atom. The predicted octanol–water partition coefficient (Wildman–Crippen LogP) is 2.78. The van der Waals surface area contributed by atoms with Crippen LogP contribution in [-0.4, -0.2) is 42.5 Å². The van der Waals surface area contributed by atoms with Gasteiger partial charge in [-0.05, 0) is 38.1 Å². The normalized spacial score (nSPS) is 15.9. The Bertz CT molecular complexity index is 842. The van der Waals surface area contributed by atoms with Crippen LogP contribution in [0.2, 0.25) is 0 Å². The second-order valence-electron chi connectivity index (χ2n) is 6.58. The van der Waals surface area contributed by atoms with E-state index in [1.54, 1.807) is 24.8 Å². The van der Waals surface area contributed by atoms with Crippen LogP contribution in [0.5, 0.6) is 11.6 Å². The molecule has 0 radical (unpaired) electrons. The summed E-state index contributed by atoms with van der Waals surface area (Å²) in [6.07, 6.45) is 12.7. The highest BCUT2D eigenvalue weighted by Gasteiger charge is 2.25. The highest BCUT2D eigenvalue weighted by atomic mass is 16.5. The molecule has 0 saturated carbocycles. The van der Waals surface area contributed by atoms with E-state index in [9.17, 15) is 0 Å². The fraction of sp³-hybridized carbons (Fsp3) is 0.368. The number of imidazole rings is 1. The molecule has 4 rings (SSSR count). The molecule has 3 aromatic heterocycles. The number of nitrogens with zero attached hydrogens (tertiary/aromatic N) is 6. The summed E-state index contributed by atoms with van der Waals surface area (Å²) in [6.45, 7) is 2.99. The monoisotopic (exact) mass is 350 g/mol. The molecule has 1 fully saturated rings. The van der Waals surface area contributed by atoms with Gasteiger partial charge in [0.15, 0.2) is 0 Å². The van der Waals surface area contributed by atoms with Gasteiger partial charge in [-0.1, -0.05) is 0 Å². The summed E-state index contributed by atoms with van der Waals surface area (Å²) < 4.78 is 8.01. The van der Waals surface area contributed by atoms with Crippen molar-refractivity contribution >= 4 is 0 Å². The van der Waals surface area contributed by atoms with E-state index < -0.39 is 0 Å². The molecule has 134 valence electrons. The Labute approximate surface area is 152 Å². The lowest BCUT2D eigenvalue weighted by atomic mass is 9.93. The smallest absolute Gasteiger partial charge is 0.241 e. The van der Waals surface area contributed by atoms with Crippen LogP contribution < -0.4 is 4.74 Å². The number of hydrogen-bond donors (Lipinski definition) is 0. The molecule has 0 aliphatic carbocycles. The van der Waals surface area contributed by atoms with Gasteiger partial charge in [0.05, 0.1) is 18.2 Å². The van der Waals surface area contributed by atoms with Gasteiger partial charge in [-0.15, -0.1) is 0 Å². The molecule has 1 saturated heterocycles. The summed E-state index contributed by atoms with van der Waals surface area (Å²) in [6, 6.07) is 3.73. The molecule has 0 N–H and O–H groups in total. The maximum absolute atomic E-state index is 5.93. The minimum atomic E-state index is 0.359. The van der Waals surface area contributed by atoms with Gasteiger partial charge >= 0.3 is 0 Å². The molecule has 0 unspecified atom stereocenters. The first kappa shape index (κ1) is 16.7. The largest absolute Gasteiger partial charge is 0.436 e. The third-order valence-electron chi connectivity index (χ3n) is 4.82. The van der Waals surface area contributed by atoms with E-state index >= 15 is 0 Å². The molecular formula is C19H22N6O. The molecule has 0 atom stereocenters. The van der Waals surface area contributed by atoms with E-state index in [0.717, 1.165) is 38.2 Å². The molecule has 1 aliphatic rings. The second kappa shape index (κ2) is 7.61. The maximum Gasteiger partial charge on any atom is 0.241 e. The molecule has 7 heteroatoms. The second-order valence-corrected chi connectivity index (χ2v) is 6.58. The lowest BCUT2D eigenvalue weighted by molar-refractivity contribution is 0.198. The summed E-state index contributed by atoms with van der Waals surface area (Å²) >= 11 is 0. The van der Waals surface area contributed by atoms with Crippen molar-refractivity contribution in [2.75, 3.05) is 13.1 Å². The van der Waals surface area contributed by atoms with E-state index in [-0.39, 0.29) is 0 Å². The number of rotatable bonds is 5. The predicted molar refractivity (Wildman–Crippen MR) is 96.8 cm³/mol. The van der Waals surface area contributed by atoms with Crippen LogP contribution in [0, 0.1) is 0 Å². The number of likely N-dealkylation sites (tertiary alicyclic amines) is 1. The number of ether oxygens (including phenoxy) is 1. The van der Waals surface area contributed by atoms with E-state index in [4.69, 9.17) is 4.74 Å². The first-order chi connectivity index (χ1) is 12.8. The maximum atomic E-state index is 5.93. The lowest BCUT2D eigenvalue weighted by Crippen LogP contribution is -2.33. The zero-order chi connectivity index (χ0) is 17.8. The Morgan fingerprint density at radius 2 is 1.92 bits per heavy atom. The van der Waals surface area contributed by atoms with Crippen molar-refractivity contribution in [2.45, 2.75) is 25.3 Å². The molecule has 26 heavy (non-hydrogen) atoms. The molecule has 0 amide bonds. The highest BCUT2D eigenvalue weighted by molar-refractivity contribution is 5.29. The average molecular weight is 350 g/mol. The van der Waals surface area contributed by atoms with Crippen LogP contribution in [0.3, 0.4) is 0 Å². The number of aryl methyl sites for hydroxylation is 1. The Balaban J connectivity index is 1.42. The summed E-state index contributed by atoms with van der Waals surface area (Å²) in [5.74, 6) is 1.63. The molecule has 7 nitrogen and oxygen atoms in total. The zero-order valence-corrected chi connectivity index (χ0v) is 14.8. The molecule has 1 aliphatic heterocycles. The molecule has 0 aromatic carbocycles. The average Bonchev–Trinajstić information content (AvgIpc) is 3.08. The van der Waals surface area contributed by atoms with Gasteiger partial charge in [0.1, 0.15) is 11.4 Å². The number of piperidine rings is 1. The molecular weight excluding hydrogens is 328 g/mol. The van der Waals surface area contributed by atoms with Gasteiger partial charge < -0.3 is 9.30 Å². The summed E-state index contributed by atoms with van der Waals surface area (Å²) in [5, 5.41) is 0. The number of aromatic nitrogens is 5. The van der Waals surface area contributed by atoms with Gasteiger partial charge in [0.25, 0.3) is 0 Å². The SMILES string of the molecule is Cn1cncc1CN1CCC(c2nccnc2Oc2cccnc2)CC1. The number of pyridine rings is 1. The fourth-order valence-corrected chi connectivity index (χ4v) is 3.34. The van der Waals surface area contributed by atoms with Crippen molar-refractivity contribution in [3.63, 3.8) is 0 Å². The van der Waals surface area contributed by atoms with E-state index in [1.807, 2.05) is 31.7 Å². The van der Waals surface area contributed by atoms with Crippen LogP contribution >= 0.6 is 0 Å². The van der Waals surface area contributed by atoms with E-state index in [0.29, 0.717) is 17.5 Å². The van der Waals surface area contributed by atoms with Crippen molar-refractivity contribution in [2.24, 2.45) is 7.05 Å². The Morgan fingerprint density at radius 1 is 1.08 bits per heavy atom. The van der Waals surface area contributed by atoms with Gasteiger partial charge in [-0.3, -0.25) is 14.9 Å². The van der Waals surface area contributed by atoms with Gasteiger partial charge in [-0.25, -0.2) is 9.97 Å². The van der Waals surface area contributed by atoms with Crippen molar-refractivity contribution in [1.29, 1.82) is 0 Å². The summed E-state index contributed by atoms with van der Waals surface area (Å²) in [5.41, 5.74) is 2.18. The van der Waals surface area contributed by atoms with Crippen molar-refractivity contribution < 1.29 is 4.74 Å². The first-order valence-corrected chi connectivity index (χ1v) is 8.86. The van der Waals surface area contributed by atoms with Gasteiger partial charge in [-0.2, -0.15) is 0 Å².